The van der Waals surface area contributed by atoms with Crippen molar-refractivity contribution < 1.29 is 22.7 Å². The smallest absolute Gasteiger partial charge is 0.416 e. The summed E-state index contributed by atoms with van der Waals surface area (Å²) in [6.07, 6.45) is -2.58. The highest BCUT2D eigenvalue weighted by molar-refractivity contribution is 5.93. The lowest BCUT2D eigenvalue weighted by molar-refractivity contribution is -0.137. The average Bonchev–Trinajstić information content (AvgIpc) is 3.00. The van der Waals surface area contributed by atoms with Gasteiger partial charge in [0.15, 0.2) is 0 Å². The van der Waals surface area contributed by atoms with Gasteiger partial charge in [-0.15, -0.1) is 0 Å². The molecule has 1 atom stereocenters. The lowest BCUT2D eigenvalue weighted by Crippen LogP contribution is -2.44. The van der Waals surface area contributed by atoms with Crippen LogP contribution in [0.3, 0.4) is 0 Å². The predicted octanol–water partition coefficient (Wildman–Crippen LogP) is 5.21. The normalized spacial score (nSPS) is 20.6. The van der Waals surface area contributed by atoms with Crippen LogP contribution in [0.5, 0.6) is 5.75 Å². The molecular weight excluding hydrogens is 391 g/mol. The number of piperidine rings is 1. The molecule has 0 saturated carbocycles. The third-order valence-electron chi connectivity index (χ3n) is 6.27. The van der Waals surface area contributed by atoms with Crippen LogP contribution in [-0.2, 0) is 16.4 Å². The number of amides is 1. The summed E-state index contributed by atoms with van der Waals surface area (Å²) in [6, 6.07) is 11.4. The number of ether oxygens (including phenoxy) is 1. The highest BCUT2D eigenvalue weighted by Gasteiger charge is 2.46. The number of benzene rings is 2. The fourth-order valence-electron chi connectivity index (χ4n) is 4.57. The minimum atomic E-state index is -4.41. The average molecular weight is 413 g/mol. The summed E-state index contributed by atoms with van der Waals surface area (Å²) in [5, 5.41) is 0. The predicted molar refractivity (Wildman–Crippen MR) is 109 cm³/mol. The molecule has 1 aliphatic carbocycles. The Morgan fingerprint density at radius 1 is 1.20 bits per heavy atom. The van der Waals surface area contributed by atoms with Crippen LogP contribution in [0.4, 0.5) is 13.2 Å². The van der Waals surface area contributed by atoms with E-state index in [4.69, 9.17) is 4.74 Å². The number of likely N-dealkylation sites (tertiary alicyclic amines) is 1. The Morgan fingerprint density at radius 2 is 1.90 bits per heavy atom. The van der Waals surface area contributed by atoms with Crippen LogP contribution < -0.4 is 4.74 Å². The lowest BCUT2D eigenvalue weighted by atomic mass is 9.73. The van der Waals surface area contributed by atoms with Crippen LogP contribution in [0.15, 0.2) is 60.7 Å². The fraction of sp³-hybridized carbons (Fsp3) is 0.292. The maximum absolute atomic E-state index is 13.4. The molecule has 156 valence electrons. The van der Waals surface area contributed by atoms with Crippen molar-refractivity contribution in [3.8, 4) is 5.75 Å². The Kier molecular flexibility index (Phi) is 4.76. The van der Waals surface area contributed by atoms with Gasteiger partial charge in [-0.25, -0.2) is 0 Å². The van der Waals surface area contributed by atoms with Gasteiger partial charge in [0.05, 0.1) is 12.7 Å². The Balaban J connectivity index is 1.91. The minimum Gasteiger partial charge on any atom is -0.497 e. The van der Waals surface area contributed by atoms with Crippen molar-refractivity contribution in [3.63, 3.8) is 0 Å². The van der Waals surface area contributed by atoms with Crippen molar-refractivity contribution in [1.29, 1.82) is 0 Å². The SMILES string of the molecule is C=CC(=O)N1CCC2(C)C(=C(c3ccc(OC)cc3)c3ccc(C(F)(F)F)cc32)C1. The molecule has 1 fully saturated rings. The molecule has 3 nitrogen and oxygen atoms in total. The number of alkyl halides is 3. The summed E-state index contributed by atoms with van der Waals surface area (Å²) < 4.78 is 45.5. The van der Waals surface area contributed by atoms with Crippen molar-refractivity contribution in [2.45, 2.75) is 24.9 Å². The Bertz CT molecular complexity index is 1050. The minimum absolute atomic E-state index is 0.175. The topological polar surface area (TPSA) is 29.5 Å². The molecule has 2 aliphatic rings. The summed E-state index contributed by atoms with van der Waals surface area (Å²) >= 11 is 0. The molecule has 0 spiro atoms. The Labute approximate surface area is 173 Å². The van der Waals surface area contributed by atoms with Crippen LogP contribution in [-0.4, -0.2) is 31.0 Å². The molecule has 1 unspecified atom stereocenters. The zero-order chi connectivity index (χ0) is 21.7. The summed E-state index contributed by atoms with van der Waals surface area (Å²) in [5.74, 6) is 0.524. The monoisotopic (exact) mass is 413 g/mol. The van der Waals surface area contributed by atoms with E-state index in [0.29, 0.717) is 30.8 Å². The number of carbonyl (C=O) groups excluding carboxylic acids is 1. The second-order valence-corrected chi connectivity index (χ2v) is 7.89. The number of rotatable bonds is 3. The van der Waals surface area contributed by atoms with Gasteiger partial charge in [0.2, 0.25) is 5.91 Å². The first-order chi connectivity index (χ1) is 14.2. The molecule has 2 aromatic rings. The third kappa shape index (κ3) is 3.11. The van der Waals surface area contributed by atoms with E-state index in [1.807, 2.05) is 31.2 Å². The van der Waals surface area contributed by atoms with Crippen LogP contribution in [0.2, 0.25) is 0 Å². The van der Waals surface area contributed by atoms with Gasteiger partial charge in [-0.3, -0.25) is 4.79 Å². The van der Waals surface area contributed by atoms with Gasteiger partial charge in [0, 0.05) is 18.5 Å². The Morgan fingerprint density at radius 3 is 2.50 bits per heavy atom. The number of methoxy groups -OCH3 is 1. The van der Waals surface area contributed by atoms with Gasteiger partial charge in [0.25, 0.3) is 0 Å². The molecule has 0 N–H and O–H groups in total. The molecule has 30 heavy (non-hydrogen) atoms. The molecular formula is C24H22F3NO2. The molecule has 0 bridgehead atoms. The van der Waals surface area contributed by atoms with Crippen molar-refractivity contribution in [2.24, 2.45) is 0 Å². The van der Waals surface area contributed by atoms with Crippen molar-refractivity contribution in [3.05, 3.63) is 82.9 Å². The Hall–Kier alpha value is -3.02. The standard InChI is InChI=1S/C24H22F3NO2/c1-4-21(29)28-12-11-23(2)19-13-16(24(25,26)27)7-10-18(19)22(20(23)14-28)15-5-8-17(30-3)9-6-15/h4-10,13H,1,11-12,14H2,2-3H3. The number of carbonyl (C=O) groups is 1. The second-order valence-electron chi connectivity index (χ2n) is 7.89. The quantitative estimate of drug-likeness (QED) is 0.647. The van der Waals surface area contributed by atoms with Gasteiger partial charge >= 0.3 is 6.18 Å². The molecule has 1 heterocycles. The van der Waals surface area contributed by atoms with Gasteiger partial charge in [-0.1, -0.05) is 31.7 Å². The first kappa shape index (κ1) is 20.3. The van der Waals surface area contributed by atoms with E-state index < -0.39 is 17.2 Å². The van der Waals surface area contributed by atoms with Crippen molar-refractivity contribution in [2.75, 3.05) is 20.2 Å². The van der Waals surface area contributed by atoms with E-state index in [9.17, 15) is 18.0 Å². The summed E-state index contributed by atoms with van der Waals surface area (Å²) in [5.41, 5.74) is 2.99. The van der Waals surface area contributed by atoms with E-state index in [-0.39, 0.29) is 5.91 Å². The number of nitrogens with zero attached hydrogens (tertiary/aromatic N) is 1. The van der Waals surface area contributed by atoms with Gasteiger partial charge in [-0.05, 0) is 64.6 Å². The van der Waals surface area contributed by atoms with Crippen molar-refractivity contribution in [1.82, 2.24) is 4.90 Å². The van der Waals surface area contributed by atoms with Crippen LogP contribution >= 0.6 is 0 Å². The van der Waals surface area contributed by atoms with Crippen molar-refractivity contribution >= 4 is 11.5 Å². The zero-order valence-corrected chi connectivity index (χ0v) is 16.8. The summed E-state index contributed by atoms with van der Waals surface area (Å²) in [7, 11) is 1.58. The molecule has 1 amide bonds. The molecule has 6 heteroatoms. The fourth-order valence-corrected chi connectivity index (χ4v) is 4.57. The number of hydrogen-bond donors (Lipinski definition) is 0. The summed E-state index contributed by atoms with van der Waals surface area (Å²) in [6.45, 7) is 6.38. The molecule has 4 rings (SSSR count). The molecule has 0 radical (unpaired) electrons. The zero-order valence-electron chi connectivity index (χ0n) is 16.8. The molecule has 2 aromatic carbocycles. The van der Waals surface area contributed by atoms with E-state index in [1.54, 1.807) is 18.1 Å². The van der Waals surface area contributed by atoms with Crippen LogP contribution in [0, 0.1) is 0 Å². The van der Waals surface area contributed by atoms with Gasteiger partial charge in [-0.2, -0.15) is 13.2 Å². The van der Waals surface area contributed by atoms with E-state index in [1.165, 1.54) is 12.1 Å². The maximum atomic E-state index is 13.4. The van der Waals surface area contributed by atoms with E-state index in [0.717, 1.165) is 28.3 Å². The first-order valence-corrected chi connectivity index (χ1v) is 9.70. The lowest BCUT2D eigenvalue weighted by Gasteiger charge is -2.40. The van der Waals surface area contributed by atoms with E-state index >= 15 is 0 Å². The number of hydrogen-bond acceptors (Lipinski definition) is 2. The van der Waals surface area contributed by atoms with E-state index in [2.05, 4.69) is 6.58 Å². The van der Waals surface area contributed by atoms with Gasteiger partial charge < -0.3 is 9.64 Å². The van der Waals surface area contributed by atoms with Gasteiger partial charge in [0.1, 0.15) is 5.75 Å². The largest absolute Gasteiger partial charge is 0.497 e. The molecule has 0 aromatic heterocycles. The second kappa shape index (κ2) is 7.04. The molecule has 1 saturated heterocycles. The number of halogens is 3. The summed E-state index contributed by atoms with van der Waals surface area (Å²) in [4.78, 5) is 14.0. The van der Waals surface area contributed by atoms with Crippen LogP contribution in [0.25, 0.3) is 5.57 Å². The number of fused-ring (bicyclic) bond motifs is 3. The first-order valence-electron chi connectivity index (χ1n) is 9.70. The third-order valence-corrected chi connectivity index (χ3v) is 6.27. The highest BCUT2D eigenvalue weighted by atomic mass is 19.4. The van der Waals surface area contributed by atoms with Crippen LogP contribution in [0.1, 0.15) is 35.6 Å². The maximum Gasteiger partial charge on any atom is 0.416 e. The molecule has 1 aliphatic heterocycles. The highest BCUT2D eigenvalue weighted by Crippen LogP contribution is 2.53.